The second-order valence-electron chi connectivity index (χ2n) is 3.29. The first-order valence-corrected chi connectivity index (χ1v) is 6.15. The van der Waals surface area contributed by atoms with Gasteiger partial charge in [-0.1, -0.05) is 11.2 Å². The Bertz CT molecular complexity index is 536. The van der Waals surface area contributed by atoms with Crippen LogP contribution in [0.3, 0.4) is 0 Å². The Morgan fingerprint density at radius 3 is 2.88 bits per heavy atom. The van der Waals surface area contributed by atoms with E-state index in [1.54, 1.807) is 10.9 Å². The number of nitrogens with zero attached hydrogens (tertiary/aromatic N) is 3. The highest BCUT2D eigenvalue weighted by Gasteiger charge is 2.13. The molecule has 0 spiro atoms. The topological polar surface area (TPSA) is 76.4 Å². The molecule has 1 aromatic heterocycles. The molecular formula is C11H12N4OS. The number of nitrogens with two attached hydrogens (primary N) is 1. The first-order valence-electron chi connectivity index (χ1n) is 4.93. The molecule has 0 bridgehead atoms. The molecule has 0 saturated heterocycles. The third kappa shape index (κ3) is 2.12. The van der Waals surface area contributed by atoms with Crippen LogP contribution in [-0.4, -0.2) is 27.1 Å². The summed E-state index contributed by atoms with van der Waals surface area (Å²) >= 11 is 1.54. The molecule has 1 aromatic carbocycles. The first kappa shape index (κ1) is 11.5. The summed E-state index contributed by atoms with van der Waals surface area (Å²) in [6.07, 6.45) is 5.44. The molecule has 0 radical (unpaired) electrons. The summed E-state index contributed by atoms with van der Waals surface area (Å²) < 4.78 is 1.69. The van der Waals surface area contributed by atoms with Gasteiger partial charge in [-0.3, -0.25) is 0 Å². The molecule has 88 valence electrons. The number of hydrogen-bond acceptors (Lipinski definition) is 4. The van der Waals surface area contributed by atoms with Crippen LogP contribution in [0.1, 0.15) is 5.56 Å². The molecule has 0 fully saturated rings. The Kier molecular flexibility index (Phi) is 3.34. The molecule has 3 N–H and O–H groups in total. The number of aromatic nitrogens is 2. The van der Waals surface area contributed by atoms with Gasteiger partial charge < -0.3 is 10.9 Å². The second-order valence-corrected chi connectivity index (χ2v) is 4.14. The van der Waals surface area contributed by atoms with Gasteiger partial charge in [0.25, 0.3) is 0 Å². The molecule has 5 nitrogen and oxygen atoms in total. The van der Waals surface area contributed by atoms with Crippen LogP contribution in [0.15, 0.2) is 46.7 Å². The maximum atomic E-state index is 8.85. The molecule has 2 rings (SSSR count). The normalized spacial score (nSPS) is 11.7. The summed E-state index contributed by atoms with van der Waals surface area (Å²) in [5, 5.41) is 16.1. The van der Waals surface area contributed by atoms with Gasteiger partial charge in [0.2, 0.25) is 0 Å². The van der Waals surface area contributed by atoms with E-state index < -0.39 is 0 Å². The van der Waals surface area contributed by atoms with E-state index in [9.17, 15) is 0 Å². The molecule has 0 saturated carbocycles. The smallest absolute Gasteiger partial charge is 0.173 e. The third-order valence-corrected chi connectivity index (χ3v) is 3.12. The molecule has 0 unspecified atom stereocenters. The summed E-state index contributed by atoms with van der Waals surface area (Å²) in [5.74, 6) is 0.0838. The van der Waals surface area contributed by atoms with Crippen molar-refractivity contribution in [1.82, 2.24) is 9.78 Å². The molecule has 6 heteroatoms. The molecule has 0 atom stereocenters. The summed E-state index contributed by atoms with van der Waals surface area (Å²) in [4.78, 5) is 0.938. The van der Waals surface area contributed by atoms with Crippen molar-refractivity contribution in [2.24, 2.45) is 10.9 Å². The van der Waals surface area contributed by atoms with Crippen LogP contribution >= 0.6 is 11.8 Å². The van der Waals surface area contributed by atoms with Crippen LogP contribution in [0, 0.1) is 0 Å². The van der Waals surface area contributed by atoms with E-state index in [0.29, 0.717) is 5.56 Å². The van der Waals surface area contributed by atoms with Gasteiger partial charge in [-0.15, -0.1) is 11.8 Å². The van der Waals surface area contributed by atoms with E-state index in [1.807, 2.05) is 36.7 Å². The minimum Gasteiger partial charge on any atom is -0.409 e. The van der Waals surface area contributed by atoms with E-state index in [2.05, 4.69) is 10.3 Å². The largest absolute Gasteiger partial charge is 0.409 e. The zero-order valence-electron chi connectivity index (χ0n) is 9.24. The summed E-state index contributed by atoms with van der Waals surface area (Å²) in [5.41, 5.74) is 7.20. The van der Waals surface area contributed by atoms with Crippen molar-refractivity contribution in [3.05, 3.63) is 42.2 Å². The van der Waals surface area contributed by atoms with Gasteiger partial charge in [0.15, 0.2) is 5.84 Å². The second kappa shape index (κ2) is 4.92. The van der Waals surface area contributed by atoms with E-state index in [-0.39, 0.29) is 5.84 Å². The van der Waals surface area contributed by atoms with Crippen molar-refractivity contribution >= 4 is 17.6 Å². The van der Waals surface area contributed by atoms with Crippen molar-refractivity contribution < 1.29 is 5.21 Å². The van der Waals surface area contributed by atoms with Gasteiger partial charge in [-0.25, -0.2) is 4.68 Å². The van der Waals surface area contributed by atoms with Gasteiger partial charge in [0, 0.05) is 17.3 Å². The number of amidine groups is 1. The Morgan fingerprint density at radius 2 is 2.29 bits per heavy atom. The standard InChI is InChI=1S/C11H12N4OS/c1-17-9-5-2-4-8(10(9)11(12)14-16)15-7-3-6-13-15/h2-7,16H,1H3,(H2,12,14). The van der Waals surface area contributed by atoms with Crippen molar-refractivity contribution in [1.29, 1.82) is 0 Å². The summed E-state index contributed by atoms with van der Waals surface area (Å²) in [7, 11) is 0. The monoisotopic (exact) mass is 248 g/mol. The Morgan fingerprint density at radius 1 is 1.47 bits per heavy atom. The maximum Gasteiger partial charge on any atom is 0.173 e. The zero-order chi connectivity index (χ0) is 12.3. The average Bonchev–Trinajstić information content (AvgIpc) is 2.90. The number of thioether (sulfide) groups is 1. The fourth-order valence-corrected chi connectivity index (χ4v) is 2.23. The molecule has 0 aliphatic heterocycles. The lowest BCUT2D eigenvalue weighted by molar-refractivity contribution is 0.318. The van der Waals surface area contributed by atoms with Crippen LogP contribution in [-0.2, 0) is 0 Å². The van der Waals surface area contributed by atoms with Gasteiger partial charge in [-0.05, 0) is 24.5 Å². The molecule has 0 amide bonds. The molecule has 0 aliphatic carbocycles. The lowest BCUT2D eigenvalue weighted by Crippen LogP contribution is -2.17. The SMILES string of the molecule is CSc1cccc(-n2cccn2)c1/C(N)=N/O. The molecular weight excluding hydrogens is 236 g/mol. The number of rotatable bonds is 3. The van der Waals surface area contributed by atoms with Gasteiger partial charge in [-0.2, -0.15) is 5.10 Å². The van der Waals surface area contributed by atoms with Gasteiger partial charge >= 0.3 is 0 Å². The quantitative estimate of drug-likeness (QED) is 0.285. The minimum absolute atomic E-state index is 0.0838. The van der Waals surface area contributed by atoms with Crippen molar-refractivity contribution in [3.8, 4) is 5.69 Å². The van der Waals surface area contributed by atoms with Crippen molar-refractivity contribution in [2.45, 2.75) is 4.90 Å². The van der Waals surface area contributed by atoms with Gasteiger partial charge in [0.1, 0.15) is 0 Å². The Hall–Kier alpha value is -1.95. The molecule has 17 heavy (non-hydrogen) atoms. The van der Waals surface area contributed by atoms with Crippen molar-refractivity contribution in [2.75, 3.05) is 6.26 Å². The lowest BCUT2D eigenvalue weighted by atomic mass is 10.1. The fourth-order valence-electron chi connectivity index (χ4n) is 1.60. The van der Waals surface area contributed by atoms with E-state index >= 15 is 0 Å². The maximum absolute atomic E-state index is 8.85. The number of oxime groups is 1. The molecule has 2 aromatic rings. The van der Waals surface area contributed by atoms with Gasteiger partial charge in [0.05, 0.1) is 11.3 Å². The van der Waals surface area contributed by atoms with E-state index in [4.69, 9.17) is 10.9 Å². The van der Waals surface area contributed by atoms with Crippen LogP contribution in [0.2, 0.25) is 0 Å². The number of benzene rings is 1. The highest BCUT2D eigenvalue weighted by Crippen LogP contribution is 2.25. The average molecular weight is 248 g/mol. The third-order valence-electron chi connectivity index (χ3n) is 2.34. The highest BCUT2D eigenvalue weighted by atomic mass is 32.2. The predicted octanol–water partition coefficient (Wildman–Crippen LogP) is 1.69. The predicted molar refractivity (Wildman–Crippen MR) is 67.9 cm³/mol. The highest BCUT2D eigenvalue weighted by molar-refractivity contribution is 7.98. The van der Waals surface area contributed by atoms with Crippen LogP contribution < -0.4 is 5.73 Å². The van der Waals surface area contributed by atoms with Crippen LogP contribution in [0.5, 0.6) is 0 Å². The van der Waals surface area contributed by atoms with Crippen molar-refractivity contribution in [3.63, 3.8) is 0 Å². The minimum atomic E-state index is 0.0838. The summed E-state index contributed by atoms with van der Waals surface area (Å²) in [6, 6.07) is 7.53. The molecule has 1 heterocycles. The summed E-state index contributed by atoms with van der Waals surface area (Å²) in [6.45, 7) is 0. The van der Waals surface area contributed by atoms with Crippen LogP contribution in [0.4, 0.5) is 0 Å². The lowest BCUT2D eigenvalue weighted by Gasteiger charge is -2.11. The Balaban J connectivity index is 2.67. The number of hydrogen-bond donors (Lipinski definition) is 2. The van der Waals surface area contributed by atoms with E-state index in [0.717, 1.165) is 10.6 Å². The first-order chi connectivity index (χ1) is 8.27. The van der Waals surface area contributed by atoms with E-state index in [1.165, 1.54) is 11.8 Å². The van der Waals surface area contributed by atoms with Crippen LogP contribution in [0.25, 0.3) is 5.69 Å². The zero-order valence-corrected chi connectivity index (χ0v) is 10.1. The Labute approximate surface area is 103 Å². The molecule has 0 aliphatic rings. The fraction of sp³-hybridized carbons (Fsp3) is 0.0909.